The first-order chi connectivity index (χ1) is 8.06. The highest BCUT2D eigenvalue weighted by Crippen LogP contribution is 2.18. The number of rotatable bonds is 3. The van der Waals surface area contributed by atoms with Crippen LogP contribution in [0.1, 0.15) is 21.7 Å². The van der Waals surface area contributed by atoms with Crippen molar-refractivity contribution in [3.63, 3.8) is 0 Å². The number of carbonyl (C=O) groups excluding carboxylic acids is 1. The van der Waals surface area contributed by atoms with Gasteiger partial charge >= 0.3 is 0 Å². The van der Waals surface area contributed by atoms with E-state index in [1.165, 1.54) is 12.3 Å². The summed E-state index contributed by atoms with van der Waals surface area (Å²) >= 11 is 3.09. The summed E-state index contributed by atoms with van der Waals surface area (Å²) in [6, 6.07) is 6.25. The highest BCUT2D eigenvalue weighted by Gasteiger charge is 2.10. The molecule has 0 fully saturated rings. The monoisotopic (exact) mass is 296 g/mol. The van der Waals surface area contributed by atoms with Crippen LogP contribution in [0.25, 0.3) is 0 Å². The van der Waals surface area contributed by atoms with E-state index in [1.807, 2.05) is 0 Å². The molecule has 0 aliphatic rings. The van der Waals surface area contributed by atoms with Crippen LogP contribution in [0.2, 0.25) is 0 Å². The molecule has 88 valence electrons. The molecule has 2 rings (SSSR count). The van der Waals surface area contributed by atoms with Crippen LogP contribution in [0, 0.1) is 12.7 Å². The Balaban J connectivity index is 2.15. The normalized spacial score (nSPS) is 10.5. The van der Waals surface area contributed by atoms with Crippen LogP contribution < -0.4 is 0 Å². The number of aryl methyl sites for hydroxylation is 1. The lowest BCUT2D eigenvalue weighted by Crippen LogP contribution is -2.02. The fraction of sp³-hybridized carbons (Fsp3) is 0.154. The van der Waals surface area contributed by atoms with E-state index >= 15 is 0 Å². The van der Waals surface area contributed by atoms with Gasteiger partial charge in [0.25, 0.3) is 0 Å². The summed E-state index contributed by atoms with van der Waals surface area (Å²) in [4.78, 5) is 11.9. The van der Waals surface area contributed by atoms with Gasteiger partial charge in [-0.1, -0.05) is 6.07 Å². The van der Waals surface area contributed by atoms with Crippen LogP contribution in [0.3, 0.4) is 0 Å². The van der Waals surface area contributed by atoms with E-state index < -0.39 is 0 Å². The Bertz CT molecular complexity index is 560. The summed E-state index contributed by atoms with van der Waals surface area (Å²) in [6.45, 7) is 1.78. The van der Waals surface area contributed by atoms with Gasteiger partial charge in [-0.3, -0.25) is 4.79 Å². The van der Waals surface area contributed by atoms with Crippen LogP contribution >= 0.6 is 15.9 Å². The molecule has 0 N–H and O–H groups in total. The first-order valence-corrected chi connectivity index (χ1v) is 5.88. The molecule has 0 unspecified atom stereocenters. The molecule has 0 atom stereocenters. The third-order valence-corrected chi connectivity index (χ3v) is 3.01. The van der Waals surface area contributed by atoms with Gasteiger partial charge in [0, 0.05) is 6.42 Å². The number of carbonyl (C=O) groups is 1. The summed E-state index contributed by atoms with van der Waals surface area (Å²) in [5.41, 5.74) is 1.31. The van der Waals surface area contributed by atoms with Crippen LogP contribution in [0.4, 0.5) is 4.39 Å². The molecule has 1 aromatic heterocycles. The summed E-state index contributed by atoms with van der Waals surface area (Å²) in [5, 5.41) is 0. The second-order valence-corrected chi connectivity index (χ2v) is 4.65. The third-order valence-electron chi connectivity index (χ3n) is 2.40. The molecule has 0 bridgehead atoms. The summed E-state index contributed by atoms with van der Waals surface area (Å²) in [6.07, 6.45) is 1.67. The van der Waals surface area contributed by atoms with E-state index in [-0.39, 0.29) is 18.0 Å². The number of hydrogen-bond donors (Lipinski definition) is 0. The molecule has 0 radical (unpaired) electrons. The van der Waals surface area contributed by atoms with E-state index in [0.29, 0.717) is 15.8 Å². The second kappa shape index (κ2) is 4.84. The van der Waals surface area contributed by atoms with E-state index in [2.05, 4.69) is 15.9 Å². The van der Waals surface area contributed by atoms with Crippen LogP contribution in [-0.2, 0) is 6.42 Å². The predicted molar refractivity (Wildman–Crippen MR) is 65.6 cm³/mol. The average Bonchev–Trinajstić information content (AvgIpc) is 2.70. The van der Waals surface area contributed by atoms with Crippen molar-refractivity contribution < 1.29 is 13.6 Å². The Morgan fingerprint density at radius 3 is 2.76 bits per heavy atom. The van der Waals surface area contributed by atoms with Crippen LogP contribution in [-0.4, -0.2) is 5.78 Å². The molecule has 1 heterocycles. The molecule has 0 aliphatic carbocycles. The number of hydrogen-bond acceptors (Lipinski definition) is 2. The molecule has 0 aliphatic heterocycles. The first kappa shape index (κ1) is 12.0. The largest absolute Gasteiger partial charge is 0.469 e. The lowest BCUT2D eigenvalue weighted by molar-refractivity contribution is 0.0992. The minimum Gasteiger partial charge on any atom is -0.469 e. The lowest BCUT2D eigenvalue weighted by Gasteiger charge is -2.01. The molecule has 1 aromatic carbocycles. The van der Waals surface area contributed by atoms with E-state index in [4.69, 9.17) is 4.42 Å². The van der Waals surface area contributed by atoms with Crippen molar-refractivity contribution in [3.8, 4) is 0 Å². The molecule has 4 heteroatoms. The number of ketones is 1. The Labute approximate surface area is 107 Å². The maximum Gasteiger partial charge on any atom is 0.170 e. The van der Waals surface area contributed by atoms with Crippen molar-refractivity contribution in [2.75, 3.05) is 0 Å². The quantitative estimate of drug-likeness (QED) is 0.804. The van der Waals surface area contributed by atoms with Crippen molar-refractivity contribution in [2.45, 2.75) is 13.3 Å². The van der Waals surface area contributed by atoms with Crippen LogP contribution in [0.5, 0.6) is 0 Å². The number of benzene rings is 1. The average molecular weight is 297 g/mol. The second-order valence-electron chi connectivity index (χ2n) is 3.79. The molecule has 2 aromatic rings. The maximum absolute atomic E-state index is 13.0. The number of Topliss-reactive ketones (excluding diaryl/α,β-unsaturated/α-hetero) is 1. The molecule has 2 nitrogen and oxygen atoms in total. The Hall–Kier alpha value is -1.42. The fourth-order valence-electron chi connectivity index (χ4n) is 1.53. The van der Waals surface area contributed by atoms with Gasteiger partial charge in [-0.05, 0) is 46.6 Å². The zero-order valence-electron chi connectivity index (χ0n) is 9.17. The zero-order chi connectivity index (χ0) is 12.4. The van der Waals surface area contributed by atoms with Gasteiger partial charge in [0.2, 0.25) is 0 Å². The summed E-state index contributed by atoms with van der Waals surface area (Å²) in [7, 11) is 0. The number of halogens is 2. The van der Waals surface area contributed by atoms with E-state index in [1.54, 1.807) is 25.1 Å². The summed E-state index contributed by atoms with van der Waals surface area (Å²) in [5.74, 6) is 0.328. The van der Waals surface area contributed by atoms with E-state index in [0.717, 1.165) is 5.56 Å². The van der Waals surface area contributed by atoms with Crippen molar-refractivity contribution >= 4 is 21.7 Å². The maximum atomic E-state index is 13.0. The third kappa shape index (κ3) is 2.82. The standard InChI is InChI=1S/C13H10BrFO2/c1-8-4-10(7-17-8)13(16)6-9-2-3-12(15)11(14)5-9/h2-5,7H,6H2,1H3. The minimum absolute atomic E-state index is 0.0413. The molecule has 0 saturated heterocycles. The van der Waals surface area contributed by atoms with Crippen molar-refractivity contribution in [1.82, 2.24) is 0 Å². The van der Waals surface area contributed by atoms with Gasteiger partial charge in [-0.25, -0.2) is 4.39 Å². The van der Waals surface area contributed by atoms with E-state index in [9.17, 15) is 9.18 Å². The smallest absolute Gasteiger partial charge is 0.170 e. The Morgan fingerprint density at radius 2 is 2.18 bits per heavy atom. The minimum atomic E-state index is -0.333. The van der Waals surface area contributed by atoms with Gasteiger partial charge in [-0.15, -0.1) is 0 Å². The van der Waals surface area contributed by atoms with Crippen LogP contribution in [0.15, 0.2) is 39.4 Å². The molecule has 17 heavy (non-hydrogen) atoms. The Kier molecular flexibility index (Phi) is 3.43. The summed E-state index contributed by atoms with van der Waals surface area (Å²) < 4.78 is 18.5. The van der Waals surface area contributed by atoms with Gasteiger partial charge in [-0.2, -0.15) is 0 Å². The highest BCUT2D eigenvalue weighted by atomic mass is 79.9. The lowest BCUT2D eigenvalue weighted by atomic mass is 10.1. The molecule has 0 amide bonds. The fourth-order valence-corrected chi connectivity index (χ4v) is 1.95. The SMILES string of the molecule is Cc1cc(C(=O)Cc2ccc(F)c(Br)c2)co1. The van der Waals surface area contributed by atoms with Crippen molar-refractivity contribution in [1.29, 1.82) is 0 Å². The Morgan fingerprint density at radius 1 is 1.41 bits per heavy atom. The topological polar surface area (TPSA) is 30.2 Å². The van der Waals surface area contributed by atoms with Gasteiger partial charge in [0.1, 0.15) is 17.8 Å². The molecular weight excluding hydrogens is 287 g/mol. The molecular formula is C13H10BrFO2. The van der Waals surface area contributed by atoms with Crippen molar-refractivity contribution in [2.24, 2.45) is 0 Å². The highest BCUT2D eigenvalue weighted by molar-refractivity contribution is 9.10. The van der Waals surface area contributed by atoms with Crippen molar-refractivity contribution in [3.05, 3.63) is 57.7 Å². The number of furan rings is 1. The van der Waals surface area contributed by atoms with Gasteiger partial charge in [0.05, 0.1) is 10.0 Å². The molecule has 0 spiro atoms. The molecule has 0 saturated carbocycles. The zero-order valence-corrected chi connectivity index (χ0v) is 10.8. The van der Waals surface area contributed by atoms with Gasteiger partial charge in [0.15, 0.2) is 5.78 Å². The predicted octanol–water partition coefficient (Wildman–Crippen LogP) is 3.92. The van der Waals surface area contributed by atoms with Gasteiger partial charge < -0.3 is 4.42 Å². The first-order valence-electron chi connectivity index (χ1n) is 5.08.